The predicted molar refractivity (Wildman–Crippen MR) is 50.8 cm³/mol. The third-order valence-electron chi connectivity index (χ3n) is 3.03. The molecule has 0 amide bonds. The summed E-state index contributed by atoms with van der Waals surface area (Å²) in [6.07, 6.45) is 0.725. The molecule has 0 aliphatic carbocycles. The Morgan fingerprint density at radius 3 is 2.46 bits per heavy atom. The lowest BCUT2D eigenvalue weighted by Gasteiger charge is -2.31. The minimum absolute atomic E-state index is 0.645. The number of rotatable bonds is 3. The lowest BCUT2D eigenvalue weighted by molar-refractivity contribution is -0.149. The third-order valence-corrected chi connectivity index (χ3v) is 3.03. The molecule has 0 radical (unpaired) electrons. The van der Waals surface area contributed by atoms with Crippen molar-refractivity contribution in [3.8, 4) is 0 Å². The summed E-state index contributed by atoms with van der Waals surface area (Å²) in [6, 6.07) is 0. The molecule has 1 aliphatic rings. The van der Waals surface area contributed by atoms with Crippen LogP contribution in [0.2, 0.25) is 0 Å². The molecule has 4 heteroatoms. The van der Waals surface area contributed by atoms with E-state index in [1.807, 2.05) is 19.0 Å². The van der Waals surface area contributed by atoms with Crippen LogP contribution in [-0.4, -0.2) is 60.1 Å². The molecule has 76 valence electrons. The molecule has 13 heavy (non-hydrogen) atoms. The Kier molecular flexibility index (Phi) is 2.93. The zero-order valence-corrected chi connectivity index (χ0v) is 8.58. The van der Waals surface area contributed by atoms with Crippen molar-refractivity contribution in [3.05, 3.63) is 0 Å². The molecule has 0 aromatic rings. The second-order valence-corrected chi connectivity index (χ2v) is 3.85. The van der Waals surface area contributed by atoms with Crippen LogP contribution in [0, 0.1) is 0 Å². The second kappa shape index (κ2) is 3.64. The Bertz CT molecular complexity index is 206. The van der Waals surface area contributed by atoms with Gasteiger partial charge in [0.1, 0.15) is 5.54 Å². The van der Waals surface area contributed by atoms with Gasteiger partial charge in [-0.15, -0.1) is 0 Å². The number of carbonyl (C=O) groups is 1. The molecule has 0 saturated carbocycles. The van der Waals surface area contributed by atoms with Crippen LogP contribution in [0.5, 0.6) is 0 Å². The van der Waals surface area contributed by atoms with E-state index in [1.165, 1.54) is 0 Å². The van der Waals surface area contributed by atoms with Crippen molar-refractivity contribution >= 4 is 5.97 Å². The van der Waals surface area contributed by atoms with Crippen molar-refractivity contribution in [2.24, 2.45) is 0 Å². The van der Waals surface area contributed by atoms with E-state index < -0.39 is 11.5 Å². The highest BCUT2D eigenvalue weighted by Gasteiger charge is 2.46. The fraction of sp³-hybridized carbons (Fsp3) is 0.889. The Morgan fingerprint density at radius 2 is 2.23 bits per heavy atom. The lowest BCUT2D eigenvalue weighted by atomic mass is 9.97. The summed E-state index contributed by atoms with van der Waals surface area (Å²) in [7, 11) is 3.68. The molecule has 0 bridgehead atoms. The first kappa shape index (κ1) is 10.5. The fourth-order valence-corrected chi connectivity index (χ4v) is 1.87. The Balaban J connectivity index is 2.78. The first-order valence-corrected chi connectivity index (χ1v) is 4.66. The van der Waals surface area contributed by atoms with Crippen LogP contribution in [0.3, 0.4) is 0 Å². The lowest BCUT2D eigenvalue weighted by Crippen LogP contribution is -2.53. The average molecular weight is 186 g/mol. The maximum absolute atomic E-state index is 11.2. The van der Waals surface area contributed by atoms with Gasteiger partial charge >= 0.3 is 5.97 Å². The van der Waals surface area contributed by atoms with E-state index in [4.69, 9.17) is 0 Å². The van der Waals surface area contributed by atoms with Crippen LogP contribution in [0.1, 0.15) is 13.3 Å². The maximum Gasteiger partial charge on any atom is 0.325 e. The van der Waals surface area contributed by atoms with Gasteiger partial charge in [-0.2, -0.15) is 0 Å². The van der Waals surface area contributed by atoms with Gasteiger partial charge in [0.05, 0.1) is 0 Å². The van der Waals surface area contributed by atoms with Gasteiger partial charge in [-0.05, 0) is 27.1 Å². The Hall–Kier alpha value is -0.610. The van der Waals surface area contributed by atoms with Crippen LogP contribution in [0.15, 0.2) is 0 Å². The molecule has 0 aromatic carbocycles. The fourth-order valence-electron chi connectivity index (χ4n) is 1.87. The zero-order chi connectivity index (χ0) is 10.1. The van der Waals surface area contributed by atoms with E-state index in [0.717, 1.165) is 19.5 Å². The summed E-state index contributed by atoms with van der Waals surface area (Å²) in [6.45, 7) is 4.53. The van der Waals surface area contributed by atoms with E-state index in [1.54, 1.807) is 0 Å². The number of likely N-dealkylation sites (N-methyl/N-ethyl adjacent to an activating group) is 2. The number of likely N-dealkylation sites (tertiary alicyclic amines) is 1. The summed E-state index contributed by atoms with van der Waals surface area (Å²) >= 11 is 0. The number of hydrogen-bond donors (Lipinski definition) is 1. The van der Waals surface area contributed by atoms with Gasteiger partial charge < -0.3 is 10.0 Å². The largest absolute Gasteiger partial charge is 0.480 e. The van der Waals surface area contributed by atoms with E-state index in [2.05, 4.69) is 11.8 Å². The Labute approximate surface area is 79.1 Å². The van der Waals surface area contributed by atoms with Crippen molar-refractivity contribution in [1.29, 1.82) is 0 Å². The monoisotopic (exact) mass is 186 g/mol. The van der Waals surface area contributed by atoms with Crippen LogP contribution in [0.4, 0.5) is 0 Å². The van der Waals surface area contributed by atoms with Crippen LogP contribution >= 0.6 is 0 Å². The molecule has 1 saturated heterocycles. The van der Waals surface area contributed by atoms with Gasteiger partial charge in [0.15, 0.2) is 0 Å². The van der Waals surface area contributed by atoms with Gasteiger partial charge in [-0.1, -0.05) is 6.92 Å². The summed E-state index contributed by atoms with van der Waals surface area (Å²) in [5.41, 5.74) is -0.657. The smallest absolute Gasteiger partial charge is 0.325 e. The normalized spacial score (nSPS) is 29.8. The minimum Gasteiger partial charge on any atom is -0.480 e. The molecule has 1 unspecified atom stereocenters. The summed E-state index contributed by atoms with van der Waals surface area (Å²) < 4.78 is 0. The summed E-state index contributed by atoms with van der Waals surface area (Å²) in [4.78, 5) is 15.2. The van der Waals surface area contributed by atoms with Gasteiger partial charge in [0.25, 0.3) is 0 Å². The van der Waals surface area contributed by atoms with Crippen molar-refractivity contribution in [1.82, 2.24) is 9.80 Å². The van der Waals surface area contributed by atoms with Gasteiger partial charge in [0, 0.05) is 13.1 Å². The molecule has 0 aromatic heterocycles. The van der Waals surface area contributed by atoms with Gasteiger partial charge in [-0.3, -0.25) is 9.69 Å². The highest BCUT2D eigenvalue weighted by atomic mass is 16.4. The van der Waals surface area contributed by atoms with Gasteiger partial charge in [-0.25, -0.2) is 0 Å². The van der Waals surface area contributed by atoms with Crippen LogP contribution in [0.25, 0.3) is 0 Å². The molecule has 0 spiro atoms. The topological polar surface area (TPSA) is 43.8 Å². The van der Waals surface area contributed by atoms with Crippen LogP contribution in [-0.2, 0) is 4.79 Å². The minimum atomic E-state index is -0.701. The predicted octanol–water partition coefficient (Wildman–Crippen LogP) is 0.0970. The molecular weight excluding hydrogens is 168 g/mol. The molecule has 1 rings (SSSR count). The average Bonchev–Trinajstić information content (AvgIpc) is 2.48. The Morgan fingerprint density at radius 1 is 1.62 bits per heavy atom. The number of aliphatic carboxylic acids is 1. The number of hydrogen-bond acceptors (Lipinski definition) is 3. The first-order valence-electron chi connectivity index (χ1n) is 4.66. The van der Waals surface area contributed by atoms with Crippen molar-refractivity contribution in [2.45, 2.75) is 18.9 Å². The van der Waals surface area contributed by atoms with Gasteiger partial charge in [0.2, 0.25) is 0 Å². The van der Waals surface area contributed by atoms with Crippen molar-refractivity contribution in [3.63, 3.8) is 0 Å². The third kappa shape index (κ3) is 1.69. The number of nitrogens with zero attached hydrogens (tertiary/aromatic N) is 2. The van der Waals surface area contributed by atoms with E-state index in [0.29, 0.717) is 6.54 Å². The highest BCUT2D eigenvalue weighted by Crippen LogP contribution is 2.26. The molecule has 1 N–H and O–H groups in total. The van der Waals surface area contributed by atoms with Crippen molar-refractivity contribution in [2.75, 3.05) is 33.7 Å². The SMILES string of the molecule is CCN1CCC(C(=O)O)(N(C)C)C1. The summed E-state index contributed by atoms with van der Waals surface area (Å²) in [5, 5.41) is 9.18. The molecule has 1 atom stereocenters. The number of carboxylic acid groups (broad SMARTS) is 1. The van der Waals surface area contributed by atoms with Crippen molar-refractivity contribution < 1.29 is 9.90 Å². The first-order chi connectivity index (χ1) is 6.03. The molecule has 1 heterocycles. The quantitative estimate of drug-likeness (QED) is 0.679. The molecular formula is C9H18N2O2. The van der Waals surface area contributed by atoms with E-state index in [-0.39, 0.29) is 0 Å². The second-order valence-electron chi connectivity index (χ2n) is 3.85. The van der Waals surface area contributed by atoms with E-state index >= 15 is 0 Å². The van der Waals surface area contributed by atoms with Crippen LogP contribution < -0.4 is 0 Å². The highest BCUT2D eigenvalue weighted by molar-refractivity contribution is 5.79. The van der Waals surface area contributed by atoms with E-state index in [9.17, 15) is 9.90 Å². The molecule has 4 nitrogen and oxygen atoms in total. The number of carboxylic acids is 1. The maximum atomic E-state index is 11.2. The standard InChI is InChI=1S/C9H18N2O2/c1-4-11-6-5-9(7-11,8(12)13)10(2)3/h4-7H2,1-3H3,(H,12,13). The zero-order valence-electron chi connectivity index (χ0n) is 8.58. The molecule has 1 aliphatic heterocycles. The summed E-state index contributed by atoms with van der Waals surface area (Å²) in [5.74, 6) is -0.701. The molecule has 1 fully saturated rings.